The van der Waals surface area contributed by atoms with Gasteiger partial charge in [0.1, 0.15) is 5.82 Å². The quantitative estimate of drug-likeness (QED) is 0.762. The van der Waals surface area contributed by atoms with Gasteiger partial charge in [-0.2, -0.15) is 0 Å². The van der Waals surface area contributed by atoms with Gasteiger partial charge < -0.3 is 5.11 Å². The van der Waals surface area contributed by atoms with Crippen LogP contribution in [0.5, 0.6) is 0 Å². The summed E-state index contributed by atoms with van der Waals surface area (Å²) in [5.74, 6) is -0.655. The van der Waals surface area contributed by atoms with Gasteiger partial charge in [-0.25, -0.2) is 9.18 Å². The van der Waals surface area contributed by atoms with E-state index in [1.165, 1.54) is 19.2 Å². The van der Waals surface area contributed by atoms with Crippen molar-refractivity contribution in [3.63, 3.8) is 0 Å². The maximum Gasteiger partial charge on any atom is 0.411 e. The molecule has 0 unspecified atom stereocenters. The van der Waals surface area contributed by atoms with Crippen molar-refractivity contribution in [3.05, 3.63) is 29.0 Å². The highest BCUT2D eigenvalue weighted by molar-refractivity contribution is 6.30. The fourth-order valence-corrected chi connectivity index (χ4v) is 1.02. The summed E-state index contributed by atoms with van der Waals surface area (Å²) < 4.78 is 13.1. The summed E-state index contributed by atoms with van der Waals surface area (Å²) in [5.41, 5.74) is -0.0168. The standard InChI is InChI=1S/C8H7ClFNO2/c1-11(8(12)13)7-3-2-5(9)4-6(7)10/h2-4H,1H3,(H,12,13). The zero-order chi connectivity index (χ0) is 10.0. The molecule has 1 aromatic rings. The lowest BCUT2D eigenvalue weighted by molar-refractivity contribution is 0.203. The molecule has 1 rings (SSSR count). The van der Waals surface area contributed by atoms with Crippen molar-refractivity contribution in [1.29, 1.82) is 0 Å². The summed E-state index contributed by atoms with van der Waals surface area (Å²) in [6.07, 6.45) is -1.22. The zero-order valence-corrected chi connectivity index (χ0v) is 7.55. The smallest absolute Gasteiger partial charge is 0.411 e. The molecule has 0 bridgehead atoms. The molecule has 0 aliphatic carbocycles. The van der Waals surface area contributed by atoms with Crippen LogP contribution in [0.15, 0.2) is 18.2 Å². The van der Waals surface area contributed by atoms with Crippen LogP contribution >= 0.6 is 11.6 Å². The Morgan fingerprint density at radius 3 is 2.69 bits per heavy atom. The molecule has 13 heavy (non-hydrogen) atoms. The van der Waals surface area contributed by atoms with Crippen molar-refractivity contribution in [2.24, 2.45) is 0 Å². The summed E-state index contributed by atoms with van der Waals surface area (Å²) in [4.78, 5) is 11.2. The van der Waals surface area contributed by atoms with Crippen LogP contribution in [0.1, 0.15) is 0 Å². The number of nitrogens with zero attached hydrogens (tertiary/aromatic N) is 1. The third-order valence-electron chi connectivity index (χ3n) is 1.56. The van der Waals surface area contributed by atoms with E-state index in [1.807, 2.05) is 0 Å². The number of benzene rings is 1. The topological polar surface area (TPSA) is 40.5 Å². The molecule has 0 heterocycles. The average molecular weight is 204 g/mol. The molecule has 0 saturated carbocycles. The van der Waals surface area contributed by atoms with E-state index in [-0.39, 0.29) is 10.7 Å². The molecule has 0 fully saturated rings. The van der Waals surface area contributed by atoms with Crippen molar-refractivity contribution in [3.8, 4) is 0 Å². The summed E-state index contributed by atoms with van der Waals surface area (Å²) >= 11 is 5.50. The van der Waals surface area contributed by atoms with Crippen molar-refractivity contribution < 1.29 is 14.3 Å². The molecule has 0 aliphatic rings. The minimum absolute atomic E-state index is 0.0168. The van der Waals surface area contributed by atoms with E-state index in [0.29, 0.717) is 0 Å². The van der Waals surface area contributed by atoms with Gasteiger partial charge in [0.2, 0.25) is 0 Å². The number of anilines is 1. The second-order valence-corrected chi connectivity index (χ2v) is 2.87. The van der Waals surface area contributed by atoms with Crippen LogP contribution in [0.2, 0.25) is 5.02 Å². The number of hydrogen-bond acceptors (Lipinski definition) is 1. The predicted molar refractivity (Wildman–Crippen MR) is 47.8 cm³/mol. The number of halogens is 2. The van der Waals surface area contributed by atoms with Gasteiger partial charge in [-0.05, 0) is 18.2 Å². The SMILES string of the molecule is CN(C(=O)O)c1ccc(Cl)cc1F. The lowest BCUT2D eigenvalue weighted by Gasteiger charge is -2.13. The summed E-state index contributed by atoms with van der Waals surface area (Å²) in [6, 6.07) is 3.81. The summed E-state index contributed by atoms with van der Waals surface area (Å²) in [7, 11) is 1.26. The Kier molecular flexibility index (Phi) is 2.72. The number of amides is 1. The molecule has 5 heteroatoms. The number of hydrogen-bond donors (Lipinski definition) is 1. The van der Waals surface area contributed by atoms with Crippen molar-refractivity contribution >= 4 is 23.4 Å². The van der Waals surface area contributed by atoms with Gasteiger partial charge in [0.25, 0.3) is 0 Å². The Labute approximate surface area is 79.3 Å². The van der Waals surface area contributed by atoms with Gasteiger partial charge in [-0.3, -0.25) is 4.90 Å². The Balaban J connectivity index is 3.08. The molecule has 0 saturated heterocycles. The molecule has 0 aliphatic heterocycles. The Morgan fingerprint density at radius 2 is 2.23 bits per heavy atom. The van der Waals surface area contributed by atoms with Crippen LogP contribution < -0.4 is 4.90 Å². The molecule has 3 nitrogen and oxygen atoms in total. The van der Waals surface area contributed by atoms with Crippen LogP contribution in [-0.4, -0.2) is 18.2 Å². The first-order valence-electron chi connectivity index (χ1n) is 3.44. The minimum atomic E-state index is -1.22. The predicted octanol–water partition coefficient (Wildman–Crippen LogP) is 2.59. The van der Waals surface area contributed by atoms with E-state index in [4.69, 9.17) is 16.7 Å². The van der Waals surface area contributed by atoms with E-state index < -0.39 is 11.9 Å². The Hall–Kier alpha value is -1.29. The van der Waals surface area contributed by atoms with Crippen LogP contribution in [0.25, 0.3) is 0 Å². The normalized spacial score (nSPS) is 9.77. The Morgan fingerprint density at radius 1 is 1.62 bits per heavy atom. The third kappa shape index (κ3) is 2.09. The van der Waals surface area contributed by atoms with E-state index in [9.17, 15) is 9.18 Å². The third-order valence-corrected chi connectivity index (χ3v) is 1.79. The van der Waals surface area contributed by atoms with Crippen LogP contribution in [0, 0.1) is 5.82 Å². The molecule has 0 radical (unpaired) electrons. The first-order chi connectivity index (χ1) is 6.02. The van der Waals surface area contributed by atoms with Gasteiger partial charge in [0, 0.05) is 12.1 Å². The molecule has 0 atom stereocenters. The molecule has 70 valence electrons. The van der Waals surface area contributed by atoms with Gasteiger partial charge >= 0.3 is 6.09 Å². The molecule has 0 aromatic heterocycles. The van der Waals surface area contributed by atoms with Gasteiger partial charge in [-0.15, -0.1) is 0 Å². The fourth-order valence-electron chi connectivity index (χ4n) is 0.856. The molecule has 1 aromatic carbocycles. The molecule has 1 amide bonds. The second kappa shape index (κ2) is 3.62. The molecule has 1 N–H and O–H groups in total. The average Bonchev–Trinajstić information content (AvgIpc) is 2.03. The largest absolute Gasteiger partial charge is 0.465 e. The lowest BCUT2D eigenvalue weighted by atomic mass is 10.3. The highest BCUT2D eigenvalue weighted by atomic mass is 35.5. The van der Waals surface area contributed by atoms with Crippen molar-refractivity contribution in [2.75, 3.05) is 11.9 Å². The first-order valence-corrected chi connectivity index (χ1v) is 3.82. The molecular weight excluding hydrogens is 197 g/mol. The van der Waals surface area contributed by atoms with E-state index in [1.54, 1.807) is 0 Å². The van der Waals surface area contributed by atoms with Crippen LogP contribution in [0.3, 0.4) is 0 Å². The maximum absolute atomic E-state index is 13.1. The number of carboxylic acid groups (broad SMARTS) is 1. The zero-order valence-electron chi connectivity index (χ0n) is 6.79. The monoisotopic (exact) mass is 203 g/mol. The van der Waals surface area contributed by atoms with E-state index in [2.05, 4.69) is 0 Å². The summed E-state index contributed by atoms with van der Waals surface area (Å²) in [6.45, 7) is 0. The van der Waals surface area contributed by atoms with Crippen LogP contribution in [-0.2, 0) is 0 Å². The van der Waals surface area contributed by atoms with E-state index in [0.717, 1.165) is 11.0 Å². The summed E-state index contributed by atoms with van der Waals surface area (Å²) in [5, 5.41) is 8.79. The molecule has 0 spiro atoms. The van der Waals surface area contributed by atoms with Crippen molar-refractivity contribution in [2.45, 2.75) is 0 Å². The highest BCUT2D eigenvalue weighted by Gasteiger charge is 2.12. The van der Waals surface area contributed by atoms with E-state index >= 15 is 0 Å². The maximum atomic E-state index is 13.1. The van der Waals surface area contributed by atoms with Crippen molar-refractivity contribution in [1.82, 2.24) is 0 Å². The van der Waals surface area contributed by atoms with Gasteiger partial charge in [-0.1, -0.05) is 11.6 Å². The fraction of sp³-hybridized carbons (Fsp3) is 0.125. The highest BCUT2D eigenvalue weighted by Crippen LogP contribution is 2.21. The lowest BCUT2D eigenvalue weighted by Crippen LogP contribution is -2.24. The first kappa shape index (κ1) is 9.80. The van der Waals surface area contributed by atoms with Gasteiger partial charge in [0.15, 0.2) is 0 Å². The molecular formula is C8H7ClFNO2. The van der Waals surface area contributed by atoms with Crippen LogP contribution in [0.4, 0.5) is 14.9 Å². The number of carbonyl (C=O) groups is 1. The number of rotatable bonds is 1. The minimum Gasteiger partial charge on any atom is -0.465 e. The van der Waals surface area contributed by atoms with Gasteiger partial charge in [0.05, 0.1) is 5.69 Å². The Bertz CT molecular complexity index is 343. The second-order valence-electron chi connectivity index (χ2n) is 2.44.